The van der Waals surface area contributed by atoms with Crippen LogP contribution < -0.4 is 11.1 Å². The van der Waals surface area contributed by atoms with Crippen LogP contribution >= 0.6 is 0 Å². The Hall–Kier alpha value is -1.63. The van der Waals surface area contributed by atoms with Gasteiger partial charge in [-0.2, -0.15) is 0 Å². The highest BCUT2D eigenvalue weighted by Crippen LogP contribution is 2.20. The lowest BCUT2D eigenvalue weighted by Gasteiger charge is -2.30. The van der Waals surface area contributed by atoms with Crippen molar-refractivity contribution < 1.29 is 14.4 Å². The molecule has 0 saturated carbocycles. The lowest BCUT2D eigenvalue weighted by molar-refractivity contribution is -0.141. The summed E-state index contributed by atoms with van der Waals surface area (Å²) in [5.41, 5.74) is 5.43. The van der Waals surface area contributed by atoms with Crippen molar-refractivity contribution in [2.75, 3.05) is 26.2 Å². The van der Waals surface area contributed by atoms with E-state index in [4.69, 9.17) is 5.73 Å². The molecule has 0 aromatic rings. The van der Waals surface area contributed by atoms with E-state index in [1.54, 1.807) is 4.90 Å². The predicted octanol–water partition coefficient (Wildman–Crippen LogP) is 0.0894. The van der Waals surface area contributed by atoms with Crippen molar-refractivity contribution >= 4 is 17.7 Å². The molecular formula is C17H30N4O3. The monoisotopic (exact) mass is 338 g/mol. The maximum atomic E-state index is 12.8. The van der Waals surface area contributed by atoms with Crippen LogP contribution in [0.1, 0.15) is 46.0 Å². The van der Waals surface area contributed by atoms with E-state index in [1.165, 1.54) is 0 Å². The van der Waals surface area contributed by atoms with Crippen molar-refractivity contribution in [2.45, 2.75) is 58.0 Å². The molecule has 3 amide bonds. The van der Waals surface area contributed by atoms with E-state index in [1.807, 2.05) is 18.7 Å². The average Bonchev–Trinajstić information content (AvgIpc) is 3.28. The molecule has 0 spiro atoms. The van der Waals surface area contributed by atoms with Crippen LogP contribution in [-0.4, -0.2) is 65.8 Å². The number of likely N-dealkylation sites (tertiary alicyclic amines) is 2. The predicted molar refractivity (Wildman–Crippen MR) is 91.0 cm³/mol. The zero-order chi connectivity index (χ0) is 17.7. The van der Waals surface area contributed by atoms with E-state index in [-0.39, 0.29) is 30.2 Å². The van der Waals surface area contributed by atoms with Gasteiger partial charge in [0, 0.05) is 19.6 Å². The summed E-state index contributed by atoms with van der Waals surface area (Å²) >= 11 is 0. The summed E-state index contributed by atoms with van der Waals surface area (Å²) in [6.45, 7) is 6.00. The molecule has 7 nitrogen and oxygen atoms in total. The smallest absolute Gasteiger partial charge is 0.245 e. The van der Waals surface area contributed by atoms with Gasteiger partial charge in [0.2, 0.25) is 17.7 Å². The molecular weight excluding hydrogens is 308 g/mol. The van der Waals surface area contributed by atoms with Crippen LogP contribution in [0.4, 0.5) is 0 Å². The minimum absolute atomic E-state index is 0.00454. The third-order valence-corrected chi connectivity index (χ3v) is 5.24. The van der Waals surface area contributed by atoms with Crippen LogP contribution in [-0.2, 0) is 14.4 Å². The molecule has 2 saturated heterocycles. The van der Waals surface area contributed by atoms with Crippen LogP contribution in [0.2, 0.25) is 0 Å². The lowest BCUT2D eigenvalue weighted by Crippen LogP contribution is -2.56. The summed E-state index contributed by atoms with van der Waals surface area (Å²) in [4.78, 5) is 40.8. The van der Waals surface area contributed by atoms with Crippen LogP contribution in [0.25, 0.3) is 0 Å². The molecule has 0 aromatic carbocycles. The fraction of sp³-hybridized carbons (Fsp3) is 0.824. The van der Waals surface area contributed by atoms with E-state index in [2.05, 4.69) is 5.32 Å². The minimum atomic E-state index is -0.518. The molecule has 0 bridgehead atoms. The number of carbonyl (C=O) groups is 3. The van der Waals surface area contributed by atoms with E-state index in [0.717, 1.165) is 38.8 Å². The first-order valence-electron chi connectivity index (χ1n) is 9.08. The van der Waals surface area contributed by atoms with E-state index in [0.29, 0.717) is 13.0 Å². The minimum Gasteiger partial charge on any atom is -0.342 e. The number of rotatable bonds is 6. The average molecular weight is 338 g/mol. The first kappa shape index (κ1) is 18.7. The number of carbonyl (C=O) groups excluding carboxylic acids is 3. The fourth-order valence-corrected chi connectivity index (χ4v) is 3.52. The van der Waals surface area contributed by atoms with Crippen molar-refractivity contribution in [1.82, 2.24) is 15.1 Å². The highest BCUT2D eigenvalue weighted by Gasteiger charge is 2.37. The van der Waals surface area contributed by atoms with Gasteiger partial charge in [-0.05, 0) is 31.6 Å². The third-order valence-electron chi connectivity index (χ3n) is 5.24. The van der Waals surface area contributed by atoms with Crippen molar-refractivity contribution in [1.29, 1.82) is 0 Å². The molecule has 0 aliphatic carbocycles. The Kier molecular flexibility index (Phi) is 6.60. The molecule has 2 aliphatic rings. The summed E-state index contributed by atoms with van der Waals surface area (Å²) < 4.78 is 0. The van der Waals surface area contributed by atoms with Crippen molar-refractivity contribution in [3.05, 3.63) is 0 Å². The first-order chi connectivity index (χ1) is 11.5. The summed E-state index contributed by atoms with van der Waals surface area (Å²) in [6, 6.07) is -1.02. The van der Waals surface area contributed by atoms with Gasteiger partial charge in [-0.15, -0.1) is 0 Å². The van der Waals surface area contributed by atoms with Crippen LogP contribution in [0.3, 0.4) is 0 Å². The van der Waals surface area contributed by atoms with Gasteiger partial charge in [-0.1, -0.05) is 20.3 Å². The second-order valence-electron chi connectivity index (χ2n) is 6.85. The second-order valence-corrected chi connectivity index (χ2v) is 6.85. The number of nitrogens with two attached hydrogens (primary N) is 1. The van der Waals surface area contributed by atoms with E-state index in [9.17, 15) is 14.4 Å². The number of hydrogen-bond acceptors (Lipinski definition) is 4. The Labute approximate surface area is 143 Å². The van der Waals surface area contributed by atoms with Gasteiger partial charge in [-0.25, -0.2) is 0 Å². The second kappa shape index (κ2) is 8.46. The molecule has 2 fully saturated rings. The largest absolute Gasteiger partial charge is 0.342 e. The van der Waals surface area contributed by atoms with Gasteiger partial charge in [0.1, 0.15) is 12.1 Å². The molecule has 7 heteroatoms. The Balaban J connectivity index is 2.06. The summed E-state index contributed by atoms with van der Waals surface area (Å²) in [5, 5.41) is 2.93. The standard InChI is InChI=1S/C17H30N4O3/c1-3-12(2)15(17(24)20-8-4-5-9-20)19-16(23)13-7-6-10-21(13)14(22)11-18/h12-13,15H,3-11,18H2,1-2H3,(H,19,23)/t12?,13?,15-/m0/s1. The Morgan fingerprint density at radius 2 is 1.83 bits per heavy atom. The summed E-state index contributed by atoms with van der Waals surface area (Å²) in [7, 11) is 0. The van der Waals surface area contributed by atoms with Gasteiger partial charge in [-0.3, -0.25) is 14.4 Å². The Morgan fingerprint density at radius 3 is 2.42 bits per heavy atom. The summed E-state index contributed by atoms with van der Waals surface area (Å²) in [6.07, 6.45) is 4.27. The SMILES string of the molecule is CCC(C)[C@H](NC(=O)C1CCCN1C(=O)CN)C(=O)N1CCCC1. The molecule has 0 radical (unpaired) electrons. The van der Waals surface area contributed by atoms with E-state index >= 15 is 0 Å². The fourth-order valence-electron chi connectivity index (χ4n) is 3.52. The first-order valence-corrected chi connectivity index (χ1v) is 9.08. The zero-order valence-electron chi connectivity index (χ0n) is 14.8. The molecule has 136 valence electrons. The van der Waals surface area contributed by atoms with Gasteiger partial charge in [0.05, 0.1) is 6.54 Å². The quantitative estimate of drug-likeness (QED) is 0.717. The number of nitrogens with zero attached hydrogens (tertiary/aromatic N) is 2. The molecule has 2 aliphatic heterocycles. The molecule has 0 aromatic heterocycles. The van der Waals surface area contributed by atoms with Gasteiger partial charge < -0.3 is 20.9 Å². The topological polar surface area (TPSA) is 95.7 Å². The van der Waals surface area contributed by atoms with Crippen molar-refractivity contribution in [3.8, 4) is 0 Å². The third kappa shape index (κ3) is 4.06. The zero-order valence-corrected chi connectivity index (χ0v) is 14.8. The number of amides is 3. The van der Waals surface area contributed by atoms with Gasteiger partial charge in [0.15, 0.2) is 0 Å². The molecule has 3 atom stereocenters. The van der Waals surface area contributed by atoms with Crippen molar-refractivity contribution in [3.63, 3.8) is 0 Å². The molecule has 2 rings (SSSR count). The highest BCUT2D eigenvalue weighted by atomic mass is 16.2. The Morgan fingerprint density at radius 1 is 1.17 bits per heavy atom. The normalized spacial score (nSPS) is 23.2. The van der Waals surface area contributed by atoms with Crippen molar-refractivity contribution in [2.24, 2.45) is 11.7 Å². The summed E-state index contributed by atoms with van der Waals surface area (Å²) in [5.74, 6) is -0.377. The van der Waals surface area contributed by atoms with Crippen LogP contribution in [0.5, 0.6) is 0 Å². The molecule has 24 heavy (non-hydrogen) atoms. The lowest BCUT2D eigenvalue weighted by atomic mass is 9.97. The molecule has 2 unspecified atom stereocenters. The molecule has 3 N–H and O–H groups in total. The Bertz CT molecular complexity index is 476. The number of hydrogen-bond donors (Lipinski definition) is 2. The van der Waals surface area contributed by atoms with Gasteiger partial charge in [0.25, 0.3) is 0 Å². The van der Waals surface area contributed by atoms with Crippen LogP contribution in [0.15, 0.2) is 0 Å². The van der Waals surface area contributed by atoms with E-state index < -0.39 is 12.1 Å². The number of nitrogens with one attached hydrogen (secondary N) is 1. The maximum absolute atomic E-state index is 12.8. The van der Waals surface area contributed by atoms with Crippen LogP contribution in [0, 0.1) is 5.92 Å². The highest BCUT2D eigenvalue weighted by molar-refractivity contribution is 5.93. The molecule has 2 heterocycles. The maximum Gasteiger partial charge on any atom is 0.245 e. The van der Waals surface area contributed by atoms with Gasteiger partial charge >= 0.3 is 0 Å².